The quantitative estimate of drug-likeness (QED) is 0.808. The van der Waals surface area contributed by atoms with Gasteiger partial charge in [0, 0.05) is 37.6 Å². The highest BCUT2D eigenvalue weighted by Gasteiger charge is 2.18. The summed E-state index contributed by atoms with van der Waals surface area (Å²) < 4.78 is 0. The van der Waals surface area contributed by atoms with E-state index in [9.17, 15) is 4.79 Å². The van der Waals surface area contributed by atoms with Crippen molar-refractivity contribution < 1.29 is 4.79 Å². The number of nitrogens with one attached hydrogen (secondary N) is 1. The standard InChI is InChI=1S/C16H26N4O/c1-3-7-19-8-10-20(11-9-19)12-16(21)18-15-6-4-5-14(17)13(15)2/h4-6H,3,7-12,17H2,1-2H3,(H,18,21). The molecule has 1 amide bonds. The molecule has 0 atom stereocenters. The first kappa shape index (κ1) is 15.8. The van der Waals surface area contributed by atoms with Crippen LogP contribution in [0.25, 0.3) is 0 Å². The largest absolute Gasteiger partial charge is 0.398 e. The Morgan fingerprint density at radius 3 is 2.57 bits per heavy atom. The maximum absolute atomic E-state index is 12.1. The second kappa shape index (κ2) is 7.43. The highest BCUT2D eigenvalue weighted by atomic mass is 16.2. The van der Waals surface area contributed by atoms with E-state index in [1.165, 1.54) is 6.42 Å². The molecule has 1 heterocycles. The van der Waals surface area contributed by atoms with Gasteiger partial charge in [0.1, 0.15) is 0 Å². The van der Waals surface area contributed by atoms with E-state index in [1.54, 1.807) is 0 Å². The van der Waals surface area contributed by atoms with Crippen molar-refractivity contribution >= 4 is 17.3 Å². The van der Waals surface area contributed by atoms with Crippen LogP contribution in [0.5, 0.6) is 0 Å². The van der Waals surface area contributed by atoms with Crippen LogP contribution in [0, 0.1) is 6.92 Å². The Labute approximate surface area is 127 Å². The van der Waals surface area contributed by atoms with Gasteiger partial charge in [-0.3, -0.25) is 9.69 Å². The number of nitrogens with zero attached hydrogens (tertiary/aromatic N) is 2. The minimum absolute atomic E-state index is 0.0349. The third-order valence-corrected chi connectivity index (χ3v) is 4.02. The molecule has 0 bridgehead atoms. The minimum Gasteiger partial charge on any atom is -0.398 e. The van der Waals surface area contributed by atoms with Gasteiger partial charge in [-0.1, -0.05) is 13.0 Å². The van der Waals surface area contributed by atoms with E-state index >= 15 is 0 Å². The van der Waals surface area contributed by atoms with Crippen molar-refractivity contribution in [1.29, 1.82) is 0 Å². The van der Waals surface area contributed by atoms with Gasteiger partial charge < -0.3 is 16.0 Å². The first-order valence-electron chi connectivity index (χ1n) is 7.69. The second-order valence-electron chi connectivity index (χ2n) is 5.69. The number of nitrogen functional groups attached to an aromatic ring is 1. The van der Waals surface area contributed by atoms with Gasteiger partial charge in [-0.2, -0.15) is 0 Å². The van der Waals surface area contributed by atoms with Gasteiger partial charge >= 0.3 is 0 Å². The number of hydrogen-bond acceptors (Lipinski definition) is 4. The Morgan fingerprint density at radius 1 is 1.24 bits per heavy atom. The molecule has 0 aromatic heterocycles. The second-order valence-corrected chi connectivity index (χ2v) is 5.69. The molecule has 0 unspecified atom stereocenters. The van der Waals surface area contributed by atoms with Gasteiger partial charge in [0.15, 0.2) is 0 Å². The van der Waals surface area contributed by atoms with Crippen LogP contribution in [0.2, 0.25) is 0 Å². The monoisotopic (exact) mass is 290 g/mol. The first-order chi connectivity index (χ1) is 10.1. The van der Waals surface area contributed by atoms with Crippen LogP contribution < -0.4 is 11.1 Å². The van der Waals surface area contributed by atoms with Gasteiger partial charge in [0.25, 0.3) is 0 Å². The molecule has 0 spiro atoms. The van der Waals surface area contributed by atoms with Crippen LogP contribution in [0.4, 0.5) is 11.4 Å². The van der Waals surface area contributed by atoms with E-state index in [0.717, 1.165) is 44.0 Å². The summed E-state index contributed by atoms with van der Waals surface area (Å²) >= 11 is 0. The van der Waals surface area contributed by atoms with Crippen LogP contribution >= 0.6 is 0 Å². The van der Waals surface area contributed by atoms with E-state index in [-0.39, 0.29) is 5.91 Å². The molecule has 0 radical (unpaired) electrons. The van der Waals surface area contributed by atoms with Crippen molar-refractivity contribution in [3.8, 4) is 0 Å². The van der Waals surface area contributed by atoms with Crippen LogP contribution in [0.1, 0.15) is 18.9 Å². The molecular weight excluding hydrogens is 264 g/mol. The SMILES string of the molecule is CCCN1CCN(CC(=O)Nc2cccc(N)c2C)CC1. The normalized spacial score (nSPS) is 16.9. The van der Waals surface area contributed by atoms with Gasteiger partial charge in [-0.15, -0.1) is 0 Å². The van der Waals surface area contributed by atoms with Crippen molar-refractivity contribution in [3.63, 3.8) is 0 Å². The summed E-state index contributed by atoms with van der Waals surface area (Å²) in [7, 11) is 0. The zero-order chi connectivity index (χ0) is 15.2. The highest BCUT2D eigenvalue weighted by molar-refractivity contribution is 5.93. The number of benzene rings is 1. The van der Waals surface area contributed by atoms with Crippen molar-refractivity contribution in [2.75, 3.05) is 50.3 Å². The molecule has 5 nitrogen and oxygen atoms in total. The number of anilines is 2. The van der Waals surface area contributed by atoms with Crippen LogP contribution in [0.15, 0.2) is 18.2 Å². The zero-order valence-electron chi connectivity index (χ0n) is 13.1. The third kappa shape index (κ3) is 4.44. The van der Waals surface area contributed by atoms with E-state index in [4.69, 9.17) is 5.73 Å². The fourth-order valence-electron chi connectivity index (χ4n) is 2.67. The Bertz CT molecular complexity index is 481. The molecule has 1 aliphatic heterocycles. The summed E-state index contributed by atoms with van der Waals surface area (Å²) in [5.74, 6) is 0.0349. The molecular formula is C16H26N4O. The van der Waals surface area contributed by atoms with Crippen LogP contribution in [0.3, 0.4) is 0 Å². The zero-order valence-corrected chi connectivity index (χ0v) is 13.1. The maximum atomic E-state index is 12.1. The number of carbonyl (C=O) groups is 1. The highest BCUT2D eigenvalue weighted by Crippen LogP contribution is 2.20. The van der Waals surface area contributed by atoms with Crippen molar-refractivity contribution in [1.82, 2.24) is 9.80 Å². The average molecular weight is 290 g/mol. The lowest BCUT2D eigenvalue weighted by Gasteiger charge is -2.34. The molecule has 1 fully saturated rings. The van der Waals surface area contributed by atoms with Gasteiger partial charge in [0.2, 0.25) is 5.91 Å². The number of hydrogen-bond donors (Lipinski definition) is 2. The van der Waals surface area contributed by atoms with Crippen molar-refractivity contribution in [2.45, 2.75) is 20.3 Å². The lowest BCUT2D eigenvalue weighted by molar-refractivity contribution is -0.117. The number of amides is 1. The van der Waals surface area contributed by atoms with E-state index in [2.05, 4.69) is 22.0 Å². The maximum Gasteiger partial charge on any atom is 0.238 e. The summed E-state index contributed by atoms with van der Waals surface area (Å²) in [4.78, 5) is 16.8. The third-order valence-electron chi connectivity index (χ3n) is 4.02. The lowest BCUT2D eigenvalue weighted by Crippen LogP contribution is -2.48. The fourth-order valence-corrected chi connectivity index (χ4v) is 2.67. The molecule has 1 aromatic rings. The summed E-state index contributed by atoms with van der Waals surface area (Å²) in [5, 5.41) is 2.96. The smallest absolute Gasteiger partial charge is 0.238 e. The lowest BCUT2D eigenvalue weighted by atomic mass is 10.1. The van der Waals surface area contributed by atoms with E-state index < -0.39 is 0 Å². The Balaban J connectivity index is 1.81. The molecule has 5 heteroatoms. The topological polar surface area (TPSA) is 61.6 Å². The molecule has 21 heavy (non-hydrogen) atoms. The number of piperazine rings is 1. The molecule has 3 N–H and O–H groups in total. The molecule has 0 saturated carbocycles. The van der Waals surface area contributed by atoms with Gasteiger partial charge in [0.05, 0.1) is 6.54 Å². The van der Waals surface area contributed by atoms with Crippen molar-refractivity contribution in [3.05, 3.63) is 23.8 Å². The Kier molecular flexibility index (Phi) is 5.59. The molecule has 1 saturated heterocycles. The fraction of sp³-hybridized carbons (Fsp3) is 0.562. The average Bonchev–Trinajstić information content (AvgIpc) is 2.46. The summed E-state index contributed by atoms with van der Waals surface area (Å²) in [6, 6.07) is 5.60. The summed E-state index contributed by atoms with van der Waals surface area (Å²) in [6.45, 7) is 9.77. The summed E-state index contributed by atoms with van der Waals surface area (Å²) in [6.07, 6.45) is 1.19. The molecule has 1 aromatic carbocycles. The van der Waals surface area contributed by atoms with Crippen molar-refractivity contribution in [2.24, 2.45) is 0 Å². The number of carbonyl (C=O) groups excluding carboxylic acids is 1. The number of nitrogens with two attached hydrogens (primary N) is 1. The predicted molar refractivity (Wildman–Crippen MR) is 87.4 cm³/mol. The number of rotatable bonds is 5. The van der Waals surface area contributed by atoms with Gasteiger partial charge in [-0.25, -0.2) is 0 Å². The first-order valence-corrected chi connectivity index (χ1v) is 7.69. The summed E-state index contributed by atoms with van der Waals surface area (Å²) in [5.41, 5.74) is 8.31. The Hall–Kier alpha value is -1.59. The Morgan fingerprint density at radius 2 is 1.90 bits per heavy atom. The van der Waals surface area contributed by atoms with Gasteiger partial charge in [-0.05, 0) is 37.6 Å². The predicted octanol–water partition coefficient (Wildman–Crippen LogP) is 1.54. The van der Waals surface area contributed by atoms with Crippen LogP contribution in [-0.4, -0.2) is 55.0 Å². The molecule has 1 aliphatic rings. The minimum atomic E-state index is 0.0349. The molecule has 2 rings (SSSR count). The van der Waals surface area contributed by atoms with Crippen LogP contribution in [-0.2, 0) is 4.79 Å². The van der Waals surface area contributed by atoms with E-state index in [1.807, 2.05) is 25.1 Å². The molecule has 0 aliphatic carbocycles. The molecule has 116 valence electrons. The van der Waals surface area contributed by atoms with E-state index in [0.29, 0.717) is 12.2 Å².